The summed E-state index contributed by atoms with van der Waals surface area (Å²) in [5, 5.41) is 2.41. The number of alkyl halides is 2. The van der Waals surface area contributed by atoms with E-state index in [1.54, 1.807) is 6.07 Å². The smallest absolute Gasteiger partial charge is 0.387 e. The summed E-state index contributed by atoms with van der Waals surface area (Å²) in [7, 11) is 1.29. The van der Waals surface area contributed by atoms with Crippen molar-refractivity contribution in [2.75, 3.05) is 13.7 Å². The second-order valence-corrected chi connectivity index (χ2v) is 5.57. The Morgan fingerprint density at radius 3 is 2.59 bits per heavy atom. The molecule has 0 aromatic heterocycles. The first-order valence-electron chi connectivity index (χ1n) is 8.37. The standard InChI is InChI=1S/C20H18F3NO5/c1-27-16-8-4-6-13(19(16)29-20(22)23)9-10-18(26)28-12-17(25)24-11-14-5-2-3-7-15(14)21/h2-10,20H,11-12H2,1H3,(H,24,25)/b10-9+. The number of halogens is 3. The van der Waals surface area contributed by atoms with Crippen LogP contribution in [-0.4, -0.2) is 32.2 Å². The summed E-state index contributed by atoms with van der Waals surface area (Å²) in [5.74, 6) is -2.15. The average Bonchev–Trinajstić information content (AvgIpc) is 2.70. The number of esters is 1. The van der Waals surface area contributed by atoms with Gasteiger partial charge in [-0.1, -0.05) is 30.3 Å². The molecular formula is C20H18F3NO5. The summed E-state index contributed by atoms with van der Waals surface area (Å²) >= 11 is 0. The SMILES string of the molecule is COc1cccc(/C=C/C(=O)OCC(=O)NCc2ccccc2F)c1OC(F)F. The lowest BCUT2D eigenvalue weighted by atomic mass is 10.1. The molecule has 0 saturated carbocycles. The van der Waals surface area contributed by atoms with Crippen LogP contribution in [0, 0.1) is 5.82 Å². The Kier molecular flexibility index (Phi) is 8.08. The molecule has 1 amide bonds. The summed E-state index contributed by atoms with van der Waals surface area (Å²) in [6.07, 6.45) is 2.15. The number of amides is 1. The fourth-order valence-corrected chi connectivity index (χ4v) is 2.27. The monoisotopic (exact) mass is 409 g/mol. The van der Waals surface area contributed by atoms with Crippen LogP contribution in [0.25, 0.3) is 6.08 Å². The maximum absolute atomic E-state index is 13.5. The van der Waals surface area contributed by atoms with Gasteiger partial charge in [0, 0.05) is 23.7 Å². The zero-order chi connectivity index (χ0) is 21.2. The fourth-order valence-electron chi connectivity index (χ4n) is 2.27. The quantitative estimate of drug-likeness (QED) is 0.508. The van der Waals surface area contributed by atoms with Crippen molar-refractivity contribution in [2.24, 2.45) is 0 Å². The van der Waals surface area contributed by atoms with Crippen LogP contribution in [0.2, 0.25) is 0 Å². The van der Waals surface area contributed by atoms with Crippen molar-refractivity contribution in [3.63, 3.8) is 0 Å². The predicted octanol–water partition coefficient (Wildman–Crippen LogP) is 3.31. The van der Waals surface area contributed by atoms with Gasteiger partial charge in [-0.05, 0) is 18.2 Å². The van der Waals surface area contributed by atoms with Gasteiger partial charge >= 0.3 is 12.6 Å². The van der Waals surface area contributed by atoms with Crippen LogP contribution in [0.1, 0.15) is 11.1 Å². The van der Waals surface area contributed by atoms with E-state index in [-0.39, 0.29) is 29.2 Å². The third kappa shape index (κ3) is 6.87. The number of benzene rings is 2. The molecule has 0 bridgehead atoms. The summed E-state index contributed by atoms with van der Waals surface area (Å²) < 4.78 is 52.8. The zero-order valence-electron chi connectivity index (χ0n) is 15.4. The summed E-state index contributed by atoms with van der Waals surface area (Å²) in [5.41, 5.74) is 0.447. The number of rotatable bonds is 9. The normalized spacial score (nSPS) is 10.8. The van der Waals surface area contributed by atoms with Crippen LogP contribution in [0.5, 0.6) is 11.5 Å². The highest BCUT2D eigenvalue weighted by molar-refractivity contribution is 5.89. The summed E-state index contributed by atoms with van der Waals surface area (Å²) in [6.45, 7) is -3.73. The van der Waals surface area contributed by atoms with Gasteiger partial charge in [0.15, 0.2) is 18.1 Å². The van der Waals surface area contributed by atoms with Crippen LogP contribution >= 0.6 is 0 Å². The van der Waals surface area contributed by atoms with E-state index in [0.29, 0.717) is 0 Å². The molecule has 2 aromatic carbocycles. The Bertz CT molecular complexity index is 886. The lowest BCUT2D eigenvalue weighted by molar-refractivity contribution is -0.143. The van der Waals surface area contributed by atoms with Crippen LogP contribution in [0.15, 0.2) is 48.5 Å². The second-order valence-electron chi connectivity index (χ2n) is 5.57. The topological polar surface area (TPSA) is 73.9 Å². The third-order valence-corrected chi connectivity index (χ3v) is 3.61. The van der Waals surface area contributed by atoms with E-state index in [4.69, 9.17) is 9.47 Å². The number of ether oxygens (including phenoxy) is 3. The van der Waals surface area contributed by atoms with Gasteiger partial charge in [0.05, 0.1) is 7.11 Å². The second kappa shape index (κ2) is 10.7. The van der Waals surface area contributed by atoms with Crippen molar-refractivity contribution in [2.45, 2.75) is 13.2 Å². The molecule has 0 aliphatic heterocycles. The van der Waals surface area contributed by atoms with E-state index in [1.807, 2.05) is 0 Å². The molecule has 0 fully saturated rings. The number of carbonyl (C=O) groups excluding carboxylic acids is 2. The first kappa shape index (κ1) is 21.8. The van der Waals surface area contributed by atoms with Crippen LogP contribution in [-0.2, 0) is 20.9 Å². The Balaban J connectivity index is 1.89. The maximum atomic E-state index is 13.5. The van der Waals surface area contributed by atoms with Crippen molar-refractivity contribution in [1.29, 1.82) is 0 Å². The fraction of sp³-hybridized carbons (Fsp3) is 0.200. The molecule has 29 heavy (non-hydrogen) atoms. The van der Waals surface area contributed by atoms with E-state index in [0.717, 1.165) is 6.08 Å². The summed E-state index contributed by atoms with van der Waals surface area (Å²) in [4.78, 5) is 23.5. The van der Waals surface area contributed by atoms with Gasteiger partial charge in [0.25, 0.3) is 5.91 Å². The number of carbonyl (C=O) groups is 2. The summed E-state index contributed by atoms with van der Waals surface area (Å²) in [6, 6.07) is 10.3. The first-order valence-corrected chi connectivity index (χ1v) is 8.37. The van der Waals surface area contributed by atoms with Gasteiger partial charge in [-0.15, -0.1) is 0 Å². The Hall–Kier alpha value is -3.49. The van der Waals surface area contributed by atoms with Crippen molar-refractivity contribution in [1.82, 2.24) is 5.32 Å². The molecule has 0 unspecified atom stereocenters. The molecule has 1 N–H and O–H groups in total. The largest absolute Gasteiger partial charge is 0.493 e. The number of para-hydroxylation sites is 1. The molecular weight excluding hydrogens is 391 g/mol. The average molecular weight is 409 g/mol. The molecule has 0 atom stereocenters. The van der Waals surface area contributed by atoms with E-state index in [9.17, 15) is 22.8 Å². The predicted molar refractivity (Wildman–Crippen MR) is 97.9 cm³/mol. The zero-order valence-corrected chi connectivity index (χ0v) is 15.4. The van der Waals surface area contributed by atoms with Gasteiger partial charge in [0.2, 0.25) is 0 Å². The van der Waals surface area contributed by atoms with Crippen LogP contribution < -0.4 is 14.8 Å². The molecule has 0 aliphatic carbocycles. The molecule has 2 aromatic rings. The molecule has 6 nitrogen and oxygen atoms in total. The number of nitrogens with one attached hydrogen (secondary N) is 1. The highest BCUT2D eigenvalue weighted by atomic mass is 19.3. The molecule has 0 radical (unpaired) electrons. The Morgan fingerprint density at radius 2 is 1.90 bits per heavy atom. The Morgan fingerprint density at radius 1 is 1.14 bits per heavy atom. The number of methoxy groups -OCH3 is 1. The third-order valence-electron chi connectivity index (χ3n) is 3.61. The van der Waals surface area contributed by atoms with Crippen LogP contribution in [0.4, 0.5) is 13.2 Å². The number of hydrogen-bond acceptors (Lipinski definition) is 5. The lowest BCUT2D eigenvalue weighted by Crippen LogP contribution is -2.28. The molecule has 154 valence electrons. The lowest BCUT2D eigenvalue weighted by Gasteiger charge is -2.12. The highest BCUT2D eigenvalue weighted by Crippen LogP contribution is 2.33. The van der Waals surface area contributed by atoms with E-state index >= 15 is 0 Å². The molecule has 9 heteroatoms. The molecule has 0 aliphatic rings. The maximum Gasteiger partial charge on any atom is 0.387 e. The van der Waals surface area contributed by atoms with Crippen LogP contribution in [0.3, 0.4) is 0 Å². The van der Waals surface area contributed by atoms with Crippen molar-refractivity contribution in [3.05, 3.63) is 65.5 Å². The van der Waals surface area contributed by atoms with Crippen molar-refractivity contribution < 1.29 is 37.0 Å². The minimum absolute atomic E-state index is 0.0585. The van der Waals surface area contributed by atoms with Crippen molar-refractivity contribution in [3.8, 4) is 11.5 Å². The van der Waals surface area contributed by atoms with Gasteiger partial charge in [0.1, 0.15) is 5.82 Å². The van der Waals surface area contributed by atoms with Gasteiger partial charge in [-0.3, -0.25) is 4.79 Å². The molecule has 2 rings (SSSR count). The van der Waals surface area contributed by atoms with E-state index in [2.05, 4.69) is 10.1 Å². The van der Waals surface area contributed by atoms with E-state index < -0.39 is 30.9 Å². The van der Waals surface area contributed by atoms with Gasteiger partial charge < -0.3 is 19.5 Å². The minimum atomic E-state index is -3.08. The molecule has 0 saturated heterocycles. The Labute approximate surface area is 164 Å². The van der Waals surface area contributed by atoms with E-state index in [1.165, 1.54) is 49.6 Å². The van der Waals surface area contributed by atoms with Gasteiger partial charge in [-0.25, -0.2) is 9.18 Å². The van der Waals surface area contributed by atoms with Crippen molar-refractivity contribution >= 4 is 18.0 Å². The minimum Gasteiger partial charge on any atom is -0.493 e. The van der Waals surface area contributed by atoms with Gasteiger partial charge in [-0.2, -0.15) is 8.78 Å². The molecule has 0 spiro atoms. The highest BCUT2D eigenvalue weighted by Gasteiger charge is 2.14. The number of hydrogen-bond donors (Lipinski definition) is 1. The molecule has 0 heterocycles. The first-order chi connectivity index (χ1) is 13.9.